The van der Waals surface area contributed by atoms with Crippen molar-refractivity contribution in [3.05, 3.63) is 70.0 Å². The van der Waals surface area contributed by atoms with Crippen LogP contribution in [0.5, 0.6) is 0 Å². The fraction of sp³-hybridized carbons (Fsp3) is 0.320. The van der Waals surface area contributed by atoms with Crippen LogP contribution in [-0.2, 0) is 21.8 Å². The lowest BCUT2D eigenvalue weighted by Gasteiger charge is -2.18. The number of rotatable bonds is 10. The number of nitrogens with zero attached hydrogens (tertiary/aromatic N) is 3. The van der Waals surface area contributed by atoms with Gasteiger partial charge in [0.15, 0.2) is 11.4 Å². The minimum atomic E-state index is -0.373. The molecular formula is C25H25N3O3S2. The molecule has 0 unspecified atom stereocenters. The maximum absolute atomic E-state index is 13.6. The smallest absolute Gasteiger partial charge is 0.272 e. The highest BCUT2D eigenvalue weighted by molar-refractivity contribution is 7.98. The van der Waals surface area contributed by atoms with Crippen LogP contribution in [0.1, 0.15) is 31.4 Å². The lowest BCUT2D eigenvalue weighted by Crippen LogP contribution is -2.27. The van der Waals surface area contributed by atoms with Gasteiger partial charge in [-0.05, 0) is 31.5 Å². The maximum Gasteiger partial charge on any atom is 0.272 e. The molecule has 0 radical (unpaired) electrons. The molecule has 0 saturated heterocycles. The SMILES string of the molecule is CCOC(CCn1c(SCc2ccccc2C#N)nc2c(sc3ccccc32)c1=O)OCC. The molecule has 4 aromatic rings. The van der Waals surface area contributed by atoms with Gasteiger partial charge in [-0.1, -0.05) is 48.2 Å². The van der Waals surface area contributed by atoms with Crippen molar-refractivity contribution in [2.24, 2.45) is 0 Å². The van der Waals surface area contributed by atoms with E-state index < -0.39 is 0 Å². The van der Waals surface area contributed by atoms with E-state index in [1.807, 2.05) is 56.3 Å². The highest BCUT2D eigenvalue weighted by atomic mass is 32.2. The lowest BCUT2D eigenvalue weighted by molar-refractivity contribution is -0.141. The summed E-state index contributed by atoms with van der Waals surface area (Å²) in [5, 5.41) is 11.1. The summed E-state index contributed by atoms with van der Waals surface area (Å²) < 4.78 is 14.8. The average Bonchev–Trinajstić information content (AvgIpc) is 3.21. The van der Waals surface area contributed by atoms with E-state index in [1.54, 1.807) is 10.6 Å². The highest BCUT2D eigenvalue weighted by Crippen LogP contribution is 2.32. The quantitative estimate of drug-likeness (QED) is 0.168. The minimum Gasteiger partial charge on any atom is -0.353 e. The van der Waals surface area contributed by atoms with Crippen molar-refractivity contribution < 1.29 is 9.47 Å². The summed E-state index contributed by atoms with van der Waals surface area (Å²) in [7, 11) is 0. The number of aromatic nitrogens is 2. The normalized spacial score (nSPS) is 11.5. The van der Waals surface area contributed by atoms with Gasteiger partial charge in [-0.15, -0.1) is 11.3 Å². The number of thiophene rings is 1. The van der Waals surface area contributed by atoms with Crippen molar-refractivity contribution >= 4 is 43.4 Å². The van der Waals surface area contributed by atoms with Crippen molar-refractivity contribution in [2.75, 3.05) is 13.2 Å². The van der Waals surface area contributed by atoms with E-state index in [9.17, 15) is 10.1 Å². The molecule has 0 aliphatic carbocycles. The van der Waals surface area contributed by atoms with Gasteiger partial charge in [0.25, 0.3) is 5.56 Å². The first-order chi connectivity index (χ1) is 16.2. The third-order valence-corrected chi connectivity index (χ3v) is 7.41. The van der Waals surface area contributed by atoms with E-state index in [0.29, 0.717) is 47.4 Å². The molecule has 0 amide bonds. The first kappa shape index (κ1) is 23.5. The third kappa shape index (κ3) is 5.12. The van der Waals surface area contributed by atoms with E-state index in [2.05, 4.69) is 6.07 Å². The molecule has 2 aromatic heterocycles. The van der Waals surface area contributed by atoms with Gasteiger partial charge in [0.1, 0.15) is 4.70 Å². The fourth-order valence-electron chi connectivity index (χ4n) is 3.68. The first-order valence-corrected chi connectivity index (χ1v) is 12.7. The van der Waals surface area contributed by atoms with Crippen LogP contribution in [0.2, 0.25) is 0 Å². The minimum absolute atomic E-state index is 0.0518. The molecule has 170 valence electrons. The second kappa shape index (κ2) is 10.9. The van der Waals surface area contributed by atoms with Crippen molar-refractivity contribution in [3.8, 4) is 6.07 Å². The van der Waals surface area contributed by atoms with Crippen LogP contribution in [0.25, 0.3) is 20.3 Å². The van der Waals surface area contributed by atoms with Crippen LogP contribution in [0.4, 0.5) is 0 Å². The van der Waals surface area contributed by atoms with Crippen molar-refractivity contribution in [1.82, 2.24) is 9.55 Å². The summed E-state index contributed by atoms with van der Waals surface area (Å²) in [6, 6.07) is 17.7. The van der Waals surface area contributed by atoms with E-state index >= 15 is 0 Å². The van der Waals surface area contributed by atoms with Gasteiger partial charge in [0, 0.05) is 42.0 Å². The number of nitriles is 1. The van der Waals surface area contributed by atoms with Gasteiger partial charge < -0.3 is 9.47 Å². The van der Waals surface area contributed by atoms with E-state index in [1.165, 1.54) is 23.1 Å². The lowest BCUT2D eigenvalue weighted by atomic mass is 10.1. The van der Waals surface area contributed by atoms with E-state index in [4.69, 9.17) is 14.5 Å². The number of ether oxygens (including phenoxy) is 2. The highest BCUT2D eigenvalue weighted by Gasteiger charge is 2.18. The Morgan fingerprint density at radius 3 is 2.61 bits per heavy atom. The molecule has 0 spiro atoms. The summed E-state index contributed by atoms with van der Waals surface area (Å²) in [5.41, 5.74) is 2.24. The Labute approximate surface area is 200 Å². The Morgan fingerprint density at radius 1 is 1.12 bits per heavy atom. The van der Waals surface area contributed by atoms with Crippen LogP contribution in [0.3, 0.4) is 0 Å². The molecule has 6 nitrogen and oxygen atoms in total. The molecule has 0 aliphatic heterocycles. The Morgan fingerprint density at radius 2 is 1.85 bits per heavy atom. The maximum atomic E-state index is 13.6. The predicted molar refractivity (Wildman–Crippen MR) is 134 cm³/mol. The largest absolute Gasteiger partial charge is 0.353 e. The molecular weight excluding hydrogens is 454 g/mol. The van der Waals surface area contributed by atoms with Crippen LogP contribution < -0.4 is 5.56 Å². The predicted octanol–water partition coefficient (Wildman–Crippen LogP) is 5.56. The van der Waals surface area contributed by atoms with Gasteiger partial charge in [-0.2, -0.15) is 5.26 Å². The zero-order valence-electron chi connectivity index (χ0n) is 18.6. The zero-order chi connectivity index (χ0) is 23.2. The van der Waals surface area contributed by atoms with Gasteiger partial charge in [0.2, 0.25) is 0 Å². The summed E-state index contributed by atoms with van der Waals surface area (Å²) in [5.74, 6) is 0.546. The molecule has 0 atom stereocenters. The van der Waals surface area contributed by atoms with Crippen LogP contribution in [-0.4, -0.2) is 29.1 Å². The summed E-state index contributed by atoms with van der Waals surface area (Å²) in [6.07, 6.45) is 0.171. The van der Waals surface area contributed by atoms with Gasteiger partial charge in [-0.3, -0.25) is 9.36 Å². The van der Waals surface area contributed by atoms with Crippen LogP contribution >= 0.6 is 23.1 Å². The molecule has 0 bridgehead atoms. The number of hydrogen-bond acceptors (Lipinski definition) is 7. The molecule has 8 heteroatoms. The molecule has 33 heavy (non-hydrogen) atoms. The number of fused-ring (bicyclic) bond motifs is 3. The molecule has 0 aliphatic rings. The topological polar surface area (TPSA) is 77.1 Å². The van der Waals surface area contributed by atoms with Crippen molar-refractivity contribution in [1.29, 1.82) is 5.26 Å². The van der Waals surface area contributed by atoms with Crippen molar-refractivity contribution in [3.63, 3.8) is 0 Å². The standard InChI is InChI=1S/C25H25N3O3S2/c1-3-30-21(31-4-2)13-14-28-24(29)23-22(19-11-7-8-12-20(19)33-23)27-25(28)32-16-18-10-6-5-9-17(18)15-26/h5-12,21H,3-4,13-14,16H2,1-2H3. The van der Waals surface area contributed by atoms with E-state index in [-0.39, 0.29) is 11.8 Å². The first-order valence-electron chi connectivity index (χ1n) is 10.9. The Kier molecular flexibility index (Phi) is 7.78. The second-order valence-corrected chi connectivity index (χ2v) is 9.31. The molecule has 0 N–H and O–H groups in total. The Bertz CT molecular complexity index is 1350. The summed E-state index contributed by atoms with van der Waals surface area (Å²) in [4.78, 5) is 18.5. The zero-order valence-corrected chi connectivity index (χ0v) is 20.2. The molecule has 4 rings (SSSR count). The molecule has 0 saturated carbocycles. The van der Waals surface area contributed by atoms with Crippen molar-refractivity contribution in [2.45, 2.75) is 44.0 Å². The van der Waals surface area contributed by atoms with Gasteiger partial charge in [0.05, 0.1) is 17.1 Å². The average molecular weight is 480 g/mol. The van der Waals surface area contributed by atoms with Crippen LogP contribution in [0, 0.1) is 11.3 Å². The summed E-state index contributed by atoms with van der Waals surface area (Å²) in [6.45, 7) is 5.37. The molecule has 0 fully saturated rings. The Balaban J connectivity index is 1.74. The number of benzene rings is 2. The third-order valence-electron chi connectivity index (χ3n) is 5.24. The second-order valence-electron chi connectivity index (χ2n) is 7.31. The van der Waals surface area contributed by atoms with Gasteiger partial charge in [-0.25, -0.2) is 4.98 Å². The number of hydrogen-bond donors (Lipinski definition) is 0. The molecule has 2 aromatic carbocycles. The summed E-state index contributed by atoms with van der Waals surface area (Å²) >= 11 is 2.95. The number of thioether (sulfide) groups is 1. The van der Waals surface area contributed by atoms with Gasteiger partial charge >= 0.3 is 0 Å². The fourth-order valence-corrected chi connectivity index (χ4v) is 5.79. The molecule has 2 heterocycles. The van der Waals surface area contributed by atoms with Crippen LogP contribution in [0.15, 0.2) is 58.5 Å². The van der Waals surface area contributed by atoms with E-state index in [0.717, 1.165) is 21.2 Å². The Hall–Kier alpha value is -2.70. The monoisotopic (exact) mass is 479 g/mol.